The van der Waals surface area contributed by atoms with E-state index in [1.165, 1.54) is 11.1 Å². The summed E-state index contributed by atoms with van der Waals surface area (Å²) in [6.45, 7) is 9.10. The number of nitrogens with one attached hydrogen (secondary N) is 2. The largest absolute Gasteiger partial charge is 0.353 e. The molecule has 0 atom stereocenters. The highest BCUT2D eigenvalue weighted by molar-refractivity contribution is 5.86. The number of fused-ring (bicyclic) bond motifs is 1. The highest BCUT2D eigenvalue weighted by Gasteiger charge is 2.26. The summed E-state index contributed by atoms with van der Waals surface area (Å²) < 4.78 is 0. The van der Waals surface area contributed by atoms with Gasteiger partial charge in [-0.05, 0) is 29.7 Å². The molecule has 1 aliphatic heterocycles. The molecule has 0 saturated carbocycles. The molecule has 0 bridgehead atoms. The molecule has 188 valence electrons. The van der Waals surface area contributed by atoms with Crippen LogP contribution in [0.5, 0.6) is 0 Å². The quantitative estimate of drug-likeness (QED) is 0.481. The number of likely N-dealkylation sites (N-methyl/N-ethyl adjacent to an activating group) is 1. The molecule has 0 aliphatic carbocycles. The van der Waals surface area contributed by atoms with Crippen LogP contribution in [0.4, 0.5) is 5.69 Å². The molecule has 0 spiro atoms. The highest BCUT2D eigenvalue weighted by Crippen LogP contribution is 2.24. The van der Waals surface area contributed by atoms with Crippen LogP contribution in [0.2, 0.25) is 0 Å². The fraction of sp³-hybridized carbons (Fsp3) is 0.440. The molecule has 3 rings (SSSR count). The summed E-state index contributed by atoms with van der Waals surface area (Å²) >= 11 is 0. The third kappa shape index (κ3) is 8.17. The Kier molecular flexibility index (Phi) is 12.4. The molecule has 0 radical (unpaired) electrons. The minimum Gasteiger partial charge on any atom is -0.353 e. The van der Waals surface area contributed by atoms with Crippen molar-refractivity contribution in [2.45, 2.75) is 39.9 Å². The average molecular weight is 511 g/mol. The minimum absolute atomic E-state index is 0. The minimum atomic E-state index is -0.0946. The number of rotatable bonds is 10. The molecule has 2 aromatic rings. The van der Waals surface area contributed by atoms with E-state index >= 15 is 0 Å². The average Bonchev–Trinajstić information content (AvgIpc) is 3.20. The number of benzene rings is 2. The first-order chi connectivity index (χ1) is 15.3. The lowest BCUT2D eigenvalue weighted by Crippen LogP contribution is -2.48. The molecule has 34 heavy (non-hydrogen) atoms. The Morgan fingerprint density at radius 2 is 1.53 bits per heavy atom. The summed E-state index contributed by atoms with van der Waals surface area (Å²) in [6.07, 6.45) is 0. The number of amides is 2. The van der Waals surface area contributed by atoms with Crippen molar-refractivity contribution < 1.29 is 9.59 Å². The Labute approximate surface area is 215 Å². The van der Waals surface area contributed by atoms with E-state index in [2.05, 4.69) is 36.6 Å². The van der Waals surface area contributed by atoms with Gasteiger partial charge in [-0.25, -0.2) is 5.01 Å². The molecule has 0 saturated heterocycles. The molecule has 7 nitrogen and oxygen atoms in total. The van der Waals surface area contributed by atoms with E-state index in [4.69, 9.17) is 0 Å². The normalized spacial score (nSPS) is 12.4. The van der Waals surface area contributed by atoms with Crippen LogP contribution in [0, 0.1) is 6.92 Å². The Balaban J connectivity index is 0.00000289. The number of aryl methyl sites for hydroxylation is 1. The van der Waals surface area contributed by atoms with Crippen LogP contribution in [-0.4, -0.2) is 61.1 Å². The van der Waals surface area contributed by atoms with Gasteiger partial charge in [0.15, 0.2) is 0 Å². The second-order valence-corrected chi connectivity index (χ2v) is 8.61. The lowest BCUT2D eigenvalue weighted by Gasteiger charge is -2.32. The molecule has 2 N–H and O–H groups in total. The lowest BCUT2D eigenvalue weighted by atomic mass is 10.1. The fourth-order valence-corrected chi connectivity index (χ4v) is 3.89. The van der Waals surface area contributed by atoms with Gasteiger partial charge in [-0.2, -0.15) is 0 Å². The second-order valence-electron chi connectivity index (χ2n) is 8.61. The zero-order valence-corrected chi connectivity index (χ0v) is 22.0. The number of hydrogen-bond donors (Lipinski definition) is 2. The number of anilines is 1. The van der Waals surface area contributed by atoms with Gasteiger partial charge >= 0.3 is 0 Å². The third-order valence-corrected chi connectivity index (χ3v) is 5.73. The second kappa shape index (κ2) is 14.2. The van der Waals surface area contributed by atoms with Crippen LogP contribution < -0.4 is 15.5 Å². The van der Waals surface area contributed by atoms with Gasteiger partial charge in [0.05, 0.1) is 13.1 Å². The molecule has 2 amide bonds. The number of para-hydroxylation sites is 1. The van der Waals surface area contributed by atoms with Gasteiger partial charge in [0, 0.05) is 45.0 Å². The number of carbonyl (C=O) groups is 2. The molecule has 0 aromatic heterocycles. The Bertz CT molecular complexity index is 916. The van der Waals surface area contributed by atoms with Crippen molar-refractivity contribution in [1.29, 1.82) is 0 Å². The maximum absolute atomic E-state index is 13.2. The predicted molar refractivity (Wildman–Crippen MR) is 142 cm³/mol. The molecule has 1 heterocycles. The van der Waals surface area contributed by atoms with Crippen molar-refractivity contribution in [1.82, 2.24) is 20.7 Å². The van der Waals surface area contributed by atoms with Crippen molar-refractivity contribution in [2.24, 2.45) is 0 Å². The Morgan fingerprint density at radius 1 is 0.941 bits per heavy atom. The van der Waals surface area contributed by atoms with E-state index in [0.29, 0.717) is 32.2 Å². The molecule has 9 heteroatoms. The van der Waals surface area contributed by atoms with Gasteiger partial charge in [0.1, 0.15) is 0 Å². The molecular weight excluding hydrogens is 473 g/mol. The molecule has 0 unspecified atom stereocenters. The van der Waals surface area contributed by atoms with E-state index in [1.54, 1.807) is 5.01 Å². The van der Waals surface area contributed by atoms with Crippen molar-refractivity contribution >= 4 is 42.3 Å². The summed E-state index contributed by atoms with van der Waals surface area (Å²) in [5, 5.41) is 9.97. The van der Waals surface area contributed by atoms with Crippen LogP contribution in [0.25, 0.3) is 0 Å². The van der Waals surface area contributed by atoms with Crippen molar-refractivity contribution in [3.63, 3.8) is 0 Å². The van der Waals surface area contributed by atoms with Gasteiger partial charge < -0.3 is 15.5 Å². The summed E-state index contributed by atoms with van der Waals surface area (Å²) in [5.74, 6) is -0.141. The first-order valence-corrected chi connectivity index (χ1v) is 11.2. The first-order valence-electron chi connectivity index (χ1n) is 11.2. The van der Waals surface area contributed by atoms with Crippen LogP contribution >= 0.6 is 24.8 Å². The Hall–Kier alpha value is -2.32. The smallest absolute Gasteiger partial charge is 0.256 e. The maximum Gasteiger partial charge on any atom is 0.256 e. The SMILES string of the molecule is Cc1ccccc1N(CC(=O)NCCNC(C)C)CC(=O)N(C)N1Cc2ccccc2C1.Cl.Cl. The number of hydrogen-bond acceptors (Lipinski definition) is 5. The summed E-state index contributed by atoms with van der Waals surface area (Å²) in [7, 11) is 1.81. The van der Waals surface area contributed by atoms with Crippen LogP contribution in [0.1, 0.15) is 30.5 Å². The van der Waals surface area contributed by atoms with Crippen LogP contribution in [-0.2, 0) is 22.7 Å². The number of hydrazine groups is 1. The Morgan fingerprint density at radius 3 is 2.12 bits per heavy atom. The van der Waals surface area contributed by atoms with Gasteiger partial charge in [-0.1, -0.05) is 56.3 Å². The van der Waals surface area contributed by atoms with Gasteiger partial charge in [0.2, 0.25) is 5.91 Å². The van der Waals surface area contributed by atoms with E-state index < -0.39 is 0 Å². The summed E-state index contributed by atoms with van der Waals surface area (Å²) in [5.41, 5.74) is 4.43. The van der Waals surface area contributed by atoms with Crippen molar-refractivity contribution in [3.05, 3.63) is 65.2 Å². The predicted octanol–water partition coefficient (Wildman–Crippen LogP) is 3.15. The van der Waals surface area contributed by atoms with Gasteiger partial charge in [-0.3, -0.25) is 14.6 Å². The lowest BCUT2D eigenvalue weighted by molar-refractivity contribution is -0.145. The summed E-state index contributed by atoms with van der Waals surface area (Å²) in [4.78, 5) is 27.7. The van der Waals surface area contributed by atoms with E-state index in [9.17, 15) is 9.59 Å². The fourth-order valence-electron chi connectivity index (χ4n) is 3.89. The van der Waals surface area contributed by atoms with Gasteiger partial charge in [-0.15, -0.1) is 24.8 Å². The highest BCUT2D eigenvalue weighted by atomic mass is 35.5. The van der Waals surface area contributed by atoms with Crippen LogP contribution in [0.15, 0.2) is 48.5 Å². The standard InChI is InChI=1S/C25H35N5O2.2ClH/c1-19(2)26-13-14-27-24(31)17-29(23-12-8-5-9-20(23)3)18-25(32)28(4)30-15-21-10-6-7-11-22(21)16-30;;/h5-12,19,26H,13-18H2,1-4H3,(H,27,31);2*1H. The zero-order valence-electron chi connectivity index (χ0n) is 20.4. The third-order valence-electron chi connectivity index (χ3n) is 5.73. The van der Waals surface area contributed by atoms with Crippen molar-refractivity contribution in [2.75, 3.05) is 38.1 Å². The molecular formula is C25H37Cl2N5O2. The van der Waals surface area contributed by atoms with E-state index in [-0.39, 0.29) is 49.7 Å². The van der Waals surface area contributed by atoms with Gasteiger partial charge in [0.25, 0.3) is 5.91 Å². The molecule has 2 aromatic carbocycles. The van der Waals surface area contributed by atoms with Crippen molar-refractivity contribution in [3.8, 4) is 0 Å². The number of nitrogens with zero attached hydrogens (tertiary/aromatic N) is 3. The summed E-state index contributed by atoms with van der Waals surface area (Å²) in [6, 6.07) is 16.5. The first kappa shape index (κ1) is 29.7. The zero-order chi connectivity index (χ0) is 23.1. The monoisotopic (exact) mass is 509 g/mol. The van der Waals surface area contributed by atoms with E-state index in [1.807, 2.05) is 60.3 Å². The number of halogens is 2. The maximum atomic E-state index is 13.2. The topological polar surface area (TPSA) is 67.9 Å². The number of carbonyl (C=O) groups excluding carboxylic acids is 2. The van der Waals surface area contributed by atoms with Crippen LogP contribution in [0.3, 0.4) is 0 Å². The van der Waals surface area contributed by atoms with E-state index in [0.717, 1.165) is 11.3 Å². The molecule has 0 fully saturated rings. The molecule has 1 aliphatic rings.